The smallest absolute Gasteiger partial charge is 0.304 e. The summed E-state index contributed by atoms with van der Waals surface area (Å²) in [5.41, 5.74) is 1.33. The summed E-state index contributed by atoms with van der Waals surface area (Å²) >= 11 is 0. The molecule has 94 valence electrons. The molecule has 0 radical (unpaired) electrons. The van der Waals surface area contributed by atoms with Crippen LogP contribution in [0.25, 0.3) is 0 Å². The molecular formula is C10H11F3N2O2. The van der Waals surface area contributed by atoms with Crippen LogP contribution in [0.3, 0.4) is 0 Å². The molecule has 0 saturated heterocycles. The van der Waals surface area contributed by atoms with Gasteiger partial charge in [0.15, 0.2) is 0 Å². The Morgan fingerprint density at radius 1 is 1.24 bits per heavy atom. The predicted octanol–water partition coefficient (Wildman–Crippen LogP) is 1.30. The molecule has 0 unspecified atom stereocenters. The third-order valence-electron chi connectivity index (χ3n) is 2.02. The molecule has 7 heteroatoms. The predicted molar refractivity (Wildman–Crippen MR) is 53.1 cm³/mol. The Morgan fingerprint density at radius 2 is 1.82 bits per heavy atom. The minimum absolute atomic E-state index is 0.114. The van der Waals surface area contributed by atoms with E-state index >= 15 is 0 Å². The maximum absolute atomic E-state index is 12.2. The lowest BCUT2D eigenvalue weighted by Crippen LogP contribution is -2.31. The monoisotopic (exact) mass is 248 g/mol. The van der Waals surface area contributed by atoms with Gasteiger partial charge in [0, 0.05) is 6.54 Å². The number of benzene rings is 1. The highest BCUT2D eigenvalue weighted by atomic mass is 19.4. The first-order valence-electron chi connectivity index (χ1n) is 4.73. The van der Waals surface area contributed by atoms with Gasteiger partial charge in [-0.05, 0) is 17.7 Å². The molecule has 0 heterocycles. The van der Waals surface area contributed by atoms with Crippen molar-refractivity contribution in [1.29, 1.82) is 0 Å². The number of hydrogen-bond acceptors (Lipinski definition) is 3. The van der Waals surface area contributed by atoms with Crippen LogP contribution in [0, 0.1) is 0 Å². The zero-order valence-electron chi connectivity index (χ0n) is 8.71. The van der Waals surface area contributed by atoms with Crippen molar-refractivity contribution in [2.24, 2.45) is 0 Å². The number of hydroxylamine groups is 1. The van der Waals surface area contributed by atoms with Crippen LogP contribution in [-0.2, 0) is 17.5 Å². The summed E-state index contributed by atoms with van der Waals surface area (Å²) in [7, 11) is 0. The Bertz CT molecular complexity index is 376. The molecule has 0 saturated carbocycles. The molecule has 17 heavy (non-hydrogen) atoms. The van der Waals surface area contributed by atoms with E-state index < -0.39 is 17.6 Å². The van der Waals surface area contributed by atoms with Crippen LogP contribution in [0.5, 0.6) is 0 Å². The molecule has 0 aliphatic heterocycles. The minimum Gasteiger partial charge on any atom is -0.304 e. The minimum atomic E-state index is -4.34. The van der Waals surface area contributed by atoms with Crippen LogP contribution >= 0.6 is 0 Å². The molecule has 0 aromatic heterocycles. The van der Waals surface area contributed by atoms with Crippen molar-refractivity contribution in [3.05, 3.63) is 35.4 Å². The second kappa shape index (κ2) is 5.65. The van der Waals surface area contributed by atoms with Gasteiger partial charge in [-0.1, -0.05) is 12.1 Å². The maximum atomic E-state index is 12.2. The van der Waals surface area contributed by atoms with E-state index in [4.69, 9.17) is 5.21 Å². The van der Waals surface area contributed by atoms with Crippen molar-refractivity contribution < 1.29 is 23.2 Å². The fourth-order valence-electron chi connectivity index (χ4n) is 1.17. The third kappa shape index (κ3) is 4.41. The summed E-state index contributed by atoms with van der Waals surface area (Å²) in [5, 5.41) is 10.9. The summed E-state index contributed by atoms with van der Waals surface area (Å²) in [6.07, 6.45) is -4.34. The van der Waals surface area contributed by atoms with Gasteiger partial charge in [-0.2, -0.15) is 13.2 Å². The molecule has 1 amide bonds. The normalized spacial score (nSPS) is 11.3. The molecule has 0 fully saturated rings. The Balaban J connectivity index is 2.49. The molecule has 1 aromatic rings. The SMILES string of the molecule is O=C(CNCc1ccc(C(F)(F)F)cc1)NO. The molecule has 4 nitrogen and oxygen atoms in total. The van der Waals surface area contributed by atoms with Gasteiger partial charge in [0.05, 0.1) is 12.1 Å². The van der Waals surface area contributed by atoms with Crippen molar-refractivity contribution in [3.63, 3.8) is 0 Å². The number of halogens is 3. The van der Waals surface area contributed by atoms with Crippen molar-refractivity contribution in [1.82, 2.24) is 10.8 Å². The fourth-order valence-corrected chi connectivity index (χ4v) is 1.17. The number of amides is 1. The van der Waals surface area contributed by atoms with E-state index in [1.54, 1.807) is 0 Å². The molecule has 1 rings (SSSR count). The number of nitrogens with one attached hydrogen (secondary N) is 2. The first-order chi connectivity index (χ1) is 7.93. The lowest BCUT2D eigenvalue weighted by Gasteiger charge is -2.08. The summed E-state index contributed by atoms with van der Waals surface area (Å²) in [6.45, 7) is 0.128. The maximum Gasteiger partial charge on any atom is 0.416 e. The highest BCUT2D eigenvalue weighted by Crippen LogP contribution is 2.28. The molecular weight excluding hydrogens is 237 g/mol. The second-order valence-electron chi connectivity index (χ2n) is 3.33. The van der Waals surface area contributed by atoms with E-state index in [9.17, 15) is 18.0 Å². The Kier molecular flexibility index (Phi) is 4.47. The quantitative estimate of drug-likeness (QED) is 0.556. The number of carbonyl (C=O) groups is 1. The molecule has 0 spiro atoms. The van der Waals surface area contributed by atoms with Crippen molar-refractivity contribution in [2.45, 2.75) is 12.7 Å². The molecule has 0 aliphatic carbocycles. The highest BCUT2D eigenvalue weighted by Gasteiger charge is 2.29. The average Bonchev–Trinajstić information content (AvgIpc) is 2.28. The van der Waals surface area contributed by atoms with Gasteiger partial charge in [-0.25, -0.2) is 5.48 Å². The van der Waals surface area contributed by atoms with Gasteiger partial charge in [-0.3, -0.25) is 10.0 Å². The summed E-state index contributed by atoms with van der Waals surface area (Å²) in [5.74, 6) is -0.614. The van der Waals surface area contributed by atoms with Crippen molar-refractivity contribution in [2.75, 3.05) is 6.54 Å². The number of carbonyl (C=O) groups excluding carboxylic acids is 1. The van der Waals surface area contributed by atoms with Gasteiger partial charge in [0.2, 0.25) is 0 Å². The molecule has 0 aliphatic rings. The van der Waals surface area contributed by atoms with E-state index in [0.717, 1.165) is 12.1 Å². The fraction of sp³-hybridized carbons (Fsp3) is 0.300. The van der Waals surface area contributed by atoms with Crippen LogP contribution in [0.4, 0.5) is 13.2 Å². The van der Waals surface area contributed by atoms with Gasteiger partial charge in [-0.15, -0.1) is 0 Å². The number of hydrogen-bond donors (Lipinski definition) is 3. The van der Waals surface area contributed by atoms with Crippen LogP contribution < -0.4 is 10.8 Å². The van der Waals surface area contributed by atoms with Gasteiger partial charge in [0.25, 0.3) is 5.91 Å². The van der Waals surface area contributed by atoms with Crippen LogP contribution in [0.1, 0.15) is 11.1 Å². The zero-order chi connectivity index (χ0) is 12.9. The van der Waals surface area contributed by atoms with Crippen molar-refractivity contribution in [3.8, 4) is 0 Å². The number of alkyl halides is 3. The lowest BCUT2D eigenvalue weighted by molar-refractivity contribution is -0.137. The summed E-state index contributed by atoms with van der Waals surface area (Å²) in [4.78, 5) is 10.6. The molecule has 3 N–H and O–H groups in total. The Hall–Kier alpha value is -1.60. The van der Waals surface area contributed by atoms with E-state index in [2.05, 4.69) is 5.32 Å². The third-order valence-corrected chi connectivity index (χ3v) is 2.02. The van der Waals surface area contributed by atoms with Crippen LogP contribution in [-0.4, -0.2) is 17.7 Å². The largest absolute Gasteiger partial charge is 0.416 e. The molecule has 0 atom stereocenters. The Labute approximate surface area is 95.4 Å². The number of rotatable bonds is 4. The summed E-state index contributed by atoms with van der Waals surface area (Å²) < 4.78 is 36.7. The molecule has 0 bridgehead atoms. The summed E-state index contributed by atoms with van der Waals surface area (Å²) in [6, 6.07) is 4.60. The first kappa shape index (κ1) is 13.5. The van der Waals surface area contributed by atoms with Gasteiger partial charge < -0.3 is 5.32 Å². The lowest BCUT2D eigenvalue weighted by atomic mass is 10.1. The average molecular weight is 248 g/mol. The van der Waals surface area contributed by atoms with E-state index in [1.165, 1.54) is 17.6 Å². The zero-order valence-corrected chi connectivity index (χ0v) is 8.71. The molecule has 1 aromatic carbocycles. The van der Waals surface area contributed by atoms with Crippen LogP contribution in [0.2, 0.25) is 0 Å². The first-order valence-corrected chi connectivity index (χ1v) is 4.73. The van der Waals surface area contributed by atoms with E-state index in [-0.39, 0.29) is 13.1 Å². The second-order valence-corrected chi connectivity index (χ2v) is 3.33. The van der Waals surface area contributed by atoms with Gasteiger partial charge >= 0.3 is 6.18 Å². The Morgan fingerprint density at radius 3 is 2.29 bits per heavy atom. The topological polar surface area (TPSA) is 61.4 Å². The van der Waals surface area contributed by atoms with Gasteiger partial charge in [0.1, 0.15) is 0 Å². The van der Waals surface area contributed by atoms with E-state index in [1.807, 2.05) is 0 Å². The van der Waals surface area contributed by atoms with Crippen LogP contribution in [0.15, 0.2) is 24.3 Å². The standard InChI is InChI=1S/C10H11F3N2O2/c11-10(12,13)8-3-1-7(2-4-8)5-14-6-9(16)15-17/h1-4,14,17H,5-6H2,(H,15,16). The van der Waals surface area contributed by atoms with E-state index in [0.29, 0.717) is 5.56 Å². The van der Waals surface area contributed by atoms with Crippen molar-refractivity contribution >= 4 is 5.91 Å². The highest BCUT2D eigenvalue weighted by molar-refractivity contribution is 5.76.